The lowest BCUT2D eigenvalue weighted by Gasteiger charge is -2.22. The van der Waals surface area contributed by atoms with Gasteiger partial charge in [0.1, 0.15) is 5.69 Å². The van der Waals surface area contributed by atoms with Crippen LogP contribution in [0.4, 0.5) is 8.78 Å². The van der Waals surface area contributed by atoms with Gasteiger partial charge in [-0.05, 0) is 23.8 Å². The van der Waals surface area contributed by atoms with Gasteiger partial charge in [0.15, 0.2) is 0 Å². The average Bonchev–Trinajstić information content (AvgIpc) is 3.16. The predicted octanol–water partition coefficient (Wildman–Crippen LogP) is 3.17. The van der Waals surface area contributed by atoms with Gasteiger partial charge in [-0.15, -0.1) is 0 Å². The first-order chi connectivity index (χ1) is 12.1. The molecule has 128 valence electrons. The molecule has 0 unspecified atom stereocenters. The molecule has 0 saturated heterocycles. The van der Waals surface area contributed by atoms with Crippen LogP contribution < -0.4 is 0 Å². The molecular weight excluding hydrogens is 326 g/mol. The molecule has 1 aromatic carbocycles. The highest BCUT2D eigenvalue weighted by Crippen LogP contribution is 2.13. The van der Waals surface area contributed by atoms with E-state index in [0.717, 1.165) is 10.5 Å². The molecule has 7 heteroatoms. The van der Waals surface area contributed by atoms with E-state index in [1.165, 1.54) is 6.20 Å². The van der Waals surface area contributed by atoms with E-state index >= 15 is 0 Å². The topological polar surface area (TPSA) is 51.0 Å². The molecule has 0 atom stereocenters. The van der Waals surface area contributed by atoms with Crippen LogP contribution in [0.1, 0.15) is 16.1 Å². The van der Waals surface area contributed by atoms with Crippen molar-refractivity contribution in [2.45, 2.75) is 13.0 Å². The fourth-order valence-electron chi connectivity index (χ4n) is 2.45. The lowest BCUT2D eigenvalue weighted by molar-refractivity contribution is 0.0530. The SMILES string of the molecule is O=C(c1cc(-n2cccn2)ccn1)N(Cc1ccccc1)CC(F)F. The van der Waals surface area contributed by atoms with Crippen molar-refractivity contribution < 1.29 is 13.6 Å². The van der Waals surface area contributed by atoms with E-state index in [2.05, 4.69) is 10.1 Å². The summed E-state index contributed by atoms with van der Waals surface area (Å²) < 4.78 is 27.5. The molecular formula is C18H16F2N4O. The van der Waals surface area contributed by atoms with Crippen LogP contribution in [0.3, 0.4) is 0 Å². The highest BCUT2D eigenvalue weighted by molar-refractivity contribution is 5.92. The fraction of sp³-hybridized carbons (Fsp3) is 0.167. The molecule has 5 nitrogen and oxygen atoms in total. The number of rotatable bonds is 6. The summed E-state index contributed by atoms with van der Waals surface area (Å²) in [5, 5.41) is 4.09. The van der Waals surface area contributed by atoms with Gasteiger partial charge >= 0.3 is 0 Å². The van der Waals surface area contributed by atoms with E-state index in [1.807, 2.05) is 6.07 Å². The second-order valence-corrected chi connectivity index (χ2v) is 5.41. The number of hydrogen-bond donors (Lipinski definition) is 0. The van der Waals surface area contributed by atoms with Crippen LogP contribution in [0.5, 0.6) is 0 Å². The number of pyridine rings is 1. The smallest absolute Gasteiger partial charge is 0.273 e. The van der Waals surface area contributed by atoms with Crippen LogP contribution in [0.25, 0.3) is 5.69 Å². The Hall–Kier alpha value is -3.09. The molecule has 0 N–H and O–H groups in total. The molecule has 0 fully saturated rings. The quantitative estimate of drug-likeness (QED) is 0.691. The lowest BCUT2D eigenvalue weighted by Crippen LogP contribution is -2.35. The van der Waals surface area contributed by atoms with E-state index in [0.29, 0.717) is 5.69 Å². The van der Waals surface area contributed by atoms with Gasteiger partial charge in [-0.3, -0.25) is 9.78 Å². The third kappa shape index (κ3) is 4.26. The van der Waals surface area contributed by atoms with E-state index in [4.69, 9.17) is 0 Å². The van der Waals surface area contributed by atoms with Crippen molar-refractivity contribution in [2.24, 2.45) is 0 Å². The Morgan fingerprint density at radius 1 is 1.12 bits per heavy atom. The van der Waals surface area contributed by atoms with Crippen LogP contribution >= 0.6 is 0 Å². The molecule has 0 aliphatic heterocycles. The molecule has 0 bridgehead atoms. The second-order valence-electron chi connectivity index (χ2n) is 5.41. The van der Waals surface area contributed by atoms with Crippen molar-refractivity contribution >= 4 is 5.91 Å². The van der Waals surface area contributed by atoms with Gasteiger partial charge in [0.05, 0.1) is 12.2 Å². The Labute approximate surface area is 143 Å². The maximum atomic E-state index is 12.9. The average molecular weight is 342 g/mol. The van der Waals surface area contributed by atoms with Crippen LogP contribution in [0.2, 0.25) is 0 Å². The van der Waals surface area contributed by atoms with Crippen LogP contribution in [0.15, 0.2) is 67.1 Å². The number of alkyl halides is 2. The Balaban J connectivity index is 1.85. The third-order valence-electron chi connectivity index (χ3n) is 3.59. The minimum Gasteiger partial charge on any atom is -0.327 e. The minimum atomic E-state index is -2.62. The maximum Gasteiger partial charge on any atom is 0.273 e. The van der Waals surface area contributed by atoms with Crippen molar-refractivity contribution in [1.29, 1.82) is 0 Å². The standard InChI is InChI=1S/C18H16F2N4O/c19-17(20)13-23(12-14-5-2-1-3-6-14)18(25)16-11-15(7-9-21-16)24-10-4-8-22-24/h1-11,17H,12-13H2. The maximum absolute atomic E-state index is 12.9. The zero-order valence-electron chi connectivity index (χ0n) is 13.3. The van der Waals surface area contributed by atoms with Gasteiger partial charge in [0.2, 0.25) is 0 Å². The van der Waals surface area contributed by atoms with Gasteiger partial charge in [-0.1, -0.05) is 30.3 Å². The summed E-state index contributed by atoms with van der Waals surface area (Å²) in [4.78, 5) is 17.9. The highest BCUT2D eigenvalue weighted by Gasteiger charge is 2.21. The molecule has 0 radical (unpaired) electrons. The normalized spacial score (nSPS) is 10.8. The summed E-state index contributed by atoms with van der Waals surface area (Å²) in [6, 6.07) is 14.0. The van der Waals surface area contributed by atoms with Crippen molar-refractivity contribution in [2.75, 3.05) is 6.54 Å². The summed E-state index contributed by atoms with van der Waals surface area (Å²) in [6.45, 7) is -0.556. The Morgan fingerprint density at radius 2 is 1.92 bits per heavy atom. The first kappa shape index (κ1) is 16.8. The first-order valence-corrected chi connectivity index (χ1v) is 7.71. The van der Waals surface area contributed by atoms with E-state index < -0.39 is 18.9 Å². The Bertz CT molecular complexity index is 822. The van der Waals surface area contributed by atoms with E-state index in [1.54, 1.807) is 59.5 Å². The zero-order valence-corrected chi connectivity index (χ0v) is 13.3. The summed E-state index contributed by atoms with van der Waals surface area (Å²) in [5.41, 5.74) is 1.52. The number of carbonyl (C=O) groups is 1. The molecule has 0 saturated carbocycles. The molecule has 0 aliphatic carbocycles. The molecule has 2 heterocycles. The van der Waals surface area contributed by atoms with Crippen molar-refractivity contribution in [1.82, 2.24) is 19.7 Å². The summed E-state index contributed by atoms with van der Waals surface area (Å²) in [5.74, 6) is -0.543. The summed E-state index contributed by atoms with van der Waals surface area (Å²) in [6.07, 6.45) is 2.18. The molecule has 1 amide bonds. The molecule has 3 rings (SSSR count). The Kier molecular flexibility index (Phi) is 5.13. The highest BCUT2D eigenvalue weighted by atomic mass is 19.3. The number of amides is 1. The van der Waals surface area contributed by atoms with Crippen molar-refractivity contribution in [3.05, 3.63) is 78.4 Å². The van der Waals surface area contributed by atoms with Crippen LogP contribution in [0, 0.1) is 0 Å². The molecule has 2 aromatic heterocycles. The largest absolute Gasteiger partial charge is 0.327 e. The predicted molar refractivity (Wildman–Crippen MR) is 88.5 cm³/mol. The van der Waals surface area contributed by atoms with Gasteiger partial charge < -0.3 is 4.90 Å². The van der Waals surface area contributed by atoms with Crippen molar-refractivity contribution in [3.63, 3.8) is 0 Å². The van der Waals surface area contributed by atoms with E-state index in [9.17, 15) is 13.6 Å². The molecule has 0 aliphatic rings. The lowest BCUT2D eigenvalue weighted by atomic mass is 10.2. The van der Waals surface area contributed by atoms with Crippen LogP contribution in [-0.2, 0) is 6.54 Å². The number of aromatic nitrogens is 3. The zero-order chi connectivity index (χ0) is 17.6. The summed E-state index contributed by atoms with van der Waals surface area (Å²) in [7, 11) is 0. The van der Waals surface area contributed by atoms with Gasteiger partial charge in [-0.25, -0.2) is 13.5 Å². The number of halogens is 2. The van der Waals surface area contributed by atoms with Gasteiger partial charge in [0, 0.05) is 25.1 Å². The summed E-state index contributed by atoms with van der Waals surface area (Å²) >= 11 is 0. The van der Waals surface area contributed by atoms with E-state index in [-0.39, 0.29) is 12.2 Å². The number of hydrogen-bond acceptors (Lipinski definition) is 3. The molecule has 3 aromatic rings. The Morgan fingerprint density at radius 3 is 2.60 bits per heavy atom. The second kappa shape index (κ2) is 7.65. The number of nitrogens with zero attached hydrogens (tertiary/aromatic N) is 4. The van der Waals surface area contributed by atoms with Crippen molar-refractivity contribution in [3.8, 4) is 5.69 Å². The monoisotopic (exact) mass is 342 g/mol. The molecule has 25 heavy (non-hydrogen) atoms. The first-order valence-electron chi connectivity index (χ1n) is 7.71. The van der Waals surface area contributed by atoms with Gasteiger partial charge in [-0.2, -0.15) is 5.10 Å². The van der Waals surface area contributed by atoms with Crippen LogP contribution in [-0.4, -0.2) is 38.5 Å². The number of benzene rings is 1. The van der Waals surface area contributed by atoms with Gasteiger partial charge in [0.25, 0.3) is 12.3 Å². The number of carbonyl (C=O) groups excluding carboxylic acids is 1. The molecule has 0 spiro atoms. The fourth-order valence-corrected chi connectivity index (χ4v) is 2.45. The third-order valence-corrected chi connectivity index (χ3v) is 3.59. The minimum absolute atomic E-state index is 0.0949.